The molecule has 8 nitrogen and oxygen atoms in total. The van der Waals surface area contributed by atoms with Crippen LogP contribution in [0.3, 0.4) is 0 Å². The molecule has 0 fully saturated rings. The lowest BCUT2D eigenvalue weighted by Crippen LogP contribution is -2.32. The second kappa shape index (κ2) is 11.0. The van der Waals surface area contributed by atoms with Crippen LogP contribution in [0.2, 0.25) is 10.0 Å². The van der Waals surface area contributed by atoms with Crippen molar-refractivity contribution in [2.24, 2.45) is 0 Å². The van der Waals surface area contributed by atoms with E-state index in [0.29, 0.717) is 27.0 Å². The molecule has 0 aromatic heterocycles. The first-order valence-electron chi connectivity index (χ1n) is 10.9. The summed E-state index contributed by atoms with van der Waals surface area (Å²) < 4.78 is 4.97. The van der Waals surface area contributed by atoms with Gasteiger partial charge in [0.15, 0.2) is 0 Å². The van der Waals surface area contributed by atoms with Gasteiger partial charge in [-0.2, -0.15) is 0 Å². The van der Waals surface area contributed by atoms with Crippen LogP contribution >= 0.6 is 34.8 Å². The molecule has 0 spiro atoms. The molecule has 3 aromatic rings. The van der Waals surface area contributed by atoms with Crippen molar-refractivity contribution in [3.63, 3.8) is 0 Å². The van der Waals surface area contributed by atoms with Crippen molar-refractivity contribution in [1.82, 2.24) is 0 Å². The van der Waals surface area contributed by atoms with E-state index in [1.54, 1.807) is 31.2 Å². The first kappa shape index (κ1) is 26.2. The van der Waals surface area contributed by atoms with Gasteiger partial charge in [-0.3, -0.25) is 14.4 Å². The summed E-state index contributed by atoms with van der Waals surface area (Å²) in [6.45, 7) is 1.85. The van der Waals surface area contributed by atoms with Gasteiger partial charge in [0.1, 0.15) is 10.7 Å². The van der Waals surface area contributed by atoms with Gasteiger partial charge in [-0.25, -0.2) is 9.69 Å². The zero-order valence-electron chi connectivity index (χ0n) is 19.2. The predicted molar refractivity (Wildman–Crippen MR) is 142 cm³/mol. The minimum atomic E-state index is -0.744. The van der Waals surface area contributed by atoms with Gasteiger partial charge >= 0.3 is 5.97 Å². The molecule has 11 heteroatoms. The lowest BCUT2D eigenvalue weighted by atomic mass is 10.1. The number of ether oxygens (including phenoxy) is 1. The molecule has 1 aliphatic rings. The number of carbonyl (C=O) groups is 4. The molecular formula is C26H18Cl3N3O5. The van der Waals surface area contributed by atoms with E-state index in [1.165, 1.54) is 42.5 Å². The van der Waals surface area contributed by atoms with Crippen molar-refractivity contribution >= 4 is 75.6 Å². The highest BCUT2D eigenvalue weighted by Gasteiger charge is 2.39. The topological polar surface area (TPSA) is 105 Å². The van der Waals surface area contributed by atoms with Crippen LogP contribution in [0.25, 0.3) is 0 Å². The molecule has 37 heavy (non-hydrogen) atoms. The minimum absolute atomic E-state index is 0.140. The van der Waals surface area contributed by atoms with E-state index in [4.69, 9.17) is 39.5 Å². The highest BCUT2D eigenvalue weighted by atomic mass is 35.5. The maximum absolute atomic E-state index is 13.1. The summed E-state index contributed by atoms with van der Waals surface area (Å²) in [6, 6.07) is 16.8. The van der Waals surface area contributed by atoms with Crippen LogP contribution in [0.4, 0.5) is 17.1 Å². The van der Waals surface area contributed by atoms with Crippen molar-refractivity contribution in [2.45, 2.75) is 6.92 Å². The number of nitrogens with one attached hydrogen (secondary N) is 2. The van der Waals surface area contributed by atoms with Gasteiger partial charge < -0.3 is 15.4 Å². The number of imide groups is 1. The molecule has 188 valence electrons. The van der Waals surface area contributed by atoms with Crippen molar-refractivity contribution < 1.29 is 23.9 Å². The number of anilines is 3. The number of hydrogen-bond donors (Lipinski definition) is 2. The third-order valence-electron chi connectivity index (χ3n) is 5.24. The molecule has 0 bridgehead atoms. The Hall–Kier alpha value is -3.85. The number of benzene rings is 3. The van der Waals surface area contributed by atoms with E-state index in [0.717, 1.165) is 4.90 Å². The number of rotatable bonds is 7. The smallest absolute Gasteiger partial charge is 0.338 e. The average Bonchev–Trinajstić information content (AvgIpc) is 3.09. The maximum Gasteiger partial charge on any atom is 0.338 e. The van der Waals surface area contributed by atoms with Crippen LogP contribution in [0.1, 0.15) is 27.6 Å². The van der Waals surface area contributed by atoms with Gasteiger partial charge in [0.05, 0.1) is 28.6 Å². The lowest BCUT2D eigenvalue weighted by Gasteiger charge is -2.16. The molecule has 0 atom stereocenters. The Morgan fingerprint density at radius 2 is 1.62 bits per heavy atom. The molecule has 3 amide bonds. The van der Waals surface area contributed by atoms with Crippen LogP contribution in [-0.2, 0) is 14.3 Å². The van der Waals surface area contributed by atoms with E-state index < -0.39 is 23.7 Å². The van der Waals surface area contributed by atoms with Gasteiger partial charge in [0, 0.05) is 16.3 Å². The van der Waals surface area contributed by atoms with Crippen molar-refractivity contribution in [1.29, 1.82) is 0 Å². The zero-order valence-corrected chi connectivity index (χ0v) is 21.4. The summed E-state index contributed by atoms with van der Waals surface area (Å²) >= 11 is 18.2. The second-order valence-electron chi connectivity index (χ2n) is 7.69. The lowest BCUT2D eigenvalue weighted by molar-refractivity contribution is -0.120. The average molecular weight is 559 g/mol. The molecule has 0 saturated carbocycles. The first-order chi connectivity index (χ1) is 17.7. The molecule has 1 aliphatic heterocycles. The number of hydrogen-bond acceptors (Lipinski definition) is 6. The SMILES string of the molecule is CCOC(=O)c1cccc(N2C(=O)C(Cl)=C(Nc3ccc(C(=O)Nc4ccc(Cl)cc4Cl)cc3)C2=O)c1. The standard InChI is InChI=1S/C26H18Cl3N3O5/c1-2-37-26(36)15-4-3-5-18(12-15)32-24(34)21(29)22(25(32)35)30-17-9-6-14(7-10-17)23(33)31-20-11-8-16(27)13-19(20)28/h3-13,30H,2H2,1H3,(H,31,33). The van der Waals surface area contributed by atoms with Gasteiger partial charge in [0.25, 0.3) is 17.7 Å². The Morgan fingerprint density at radius 1 is 0.892 bits per heavy atom. The summed E-state index contributed by atoms with van der Waals surface area (Å²) in [6.07, 6.45) is 0. The Kier molecular flexibility index (Phi) is 7.83. The fraction of sp³-hybridized carbons (Fsp3) is 0.0769. The number of nitrogens with zero attached hydrogens (tertiary/aromatic N) is 1. The van der Waals surface area contributed by atoms with Crippen LogP contribution < -0.4 is 15.5 Å². The van der Waals surface area contributed by atoms with Crippen molar-refractivity contribution in [3.05, 3.63) is 98.6 Å². The Balaban J connectivity index is 1.48. The Bertz CT molecular complexity index is 1450. The molecule has 0 unspecified atom stereocenters. The number of amides is 3. The van der Waals surface area contributed by atoms with Crippen LogP contribution in [0.15, 0.2) is 77.5 Å². The Morgan fingerprint density at radius 3 is 2.30 bits per heavy atom. The summed E-state index contributed by atoms with van der Waals surface area (Å²) in [5.41, 5.74) is 1.35. The van der Waals surface area contributed by atoms with Gasteiger partial charge in [-0.15, -0.1) is 0 Å². The van der Waals surface area contributed by atoms with Crippen LogP contribution in [0, 0.1) is 0 Å². The van der Waals surface area contributed by atoms with Crippen LogP contribution in [0.5, 0.6) is 0 Å². The number of carbonyl (C=O) groups excluding carboxylic acids is 4. The summed E-state index contributed by atoms with van der Waals surface area (Å²) in [7, 11) is 0. The van der Waals surface area contributed by atoms with Gasteiger partial charge in [-0.05, 0) is 67.6 Å². The molecule has 2 N–H and O–H groups in total. The van der Waals surface area contributed by atoms with E-state index in [2.05, 4.69) is 10.6 Å². The number of esters is 1. The van der Waals surface area contributed by atoms with E-state index in [1.807, 2.05) is 0 Å². The second-order valence-corrected chi connectivity index (χ2v) is 8.91. The maximum atomic E-state index is 13.1. The quantitative estimate of drug-likeness (QED) is 0.278. The summed E-state index contributed by atoms with van der Waals surface area (Å²) in [5, 5.41) is 5.95. The van der Waals surface area contributed by atoms with E-state index >= 15 is 0 Å². The molecule has 1 heterocycles. The van der Waals surface area contributed by atoms with E-state index in [-0.39, 0.29) is 28.6 Å². The van der Waals surface area contributed by atoms with E-state index in [9.17, 15) is 19.2 Å². The first-order valence-corrected chi connectivity index (χ1v) is 12.0. The third-order valence-corrected chi connectivity index (χ3v) is 6.14. The normalized spacial score (nSPS) is 13.1. The predicted octanol–water partition coefficient (Wildman–Crippen LogP) is 5.86. The third kappa shape index (κ3) is 5.61. The van der Waals surface area contributed by atoms with Crippen molar-refractivity contribution in [3.8, 4) is 0 Å². The highest BCUT2D eigenvalue weighted by Crippen LogP contribution is 2.31. The minimum Gasteiger partial charge on any atom is -0.462 e. The molecule has 3 aromatic carbocycles. The number of halogens is 3. The largest absolute Gasteiger partial charge is 0.462 e. The molecular weight excluding hydrogens is 541 g/mol. The molecule has 4 rings (SSSR count). The fourth-order valence-electron chi connectivity index (χ4n) is 3.47. The zero-order chi connectivity index (χ0) is 26.7. The van der Waals surface area contributed by atoms with Gasteiger partial charge in [-0.1, -0.05) is 40.9 Å². The monoisotopic (exact) mass is 557 g/mol. The Labute approximate surface area is 226 Å². The van der Waals surface area contributed by atoms with Crippen molar-refractivity contribution in [2.75, 3.05) is 22.1 Å². The van der Waals surface area contributed by atoms with Crippen LogP contribution in [-0.4, -0.2) is 30.3 Å². The molecule has 0 aliphatic carbocycles. The highest BCUT2D eigenvalue weighted by molar-refractivity contribution is 6.53. The molecule has 0 radical (unpaired) electrons. The molecule has 0 saturated heterocycles. The fourth-order valence-corrected chi connectivity index (χ4v) is 4.14. The summed E-state index contributed by atoms with van der Waals surface area (Å²) in [5.74, 6) is -2.43. The summed E-state index contributed by atoms with van der Waals surface area (Å²) in [4.78, 5) is 51.3. The van der Waals surface area contributed by atoms with Gasteiger partial charge in [0.2, 0.25) is 0 Å².